The number of aliphatic hydroxyl groups is 1. The van der Waals surface area contributed by atoms with E-state index in [0.717, 1.165) is 42.9 Å². The van der Waals surface area contributed by atoms with Crippen LogP contribution in [0, 0.1) is 46.3 Å². The zero-order chi connectivity index (χ0) is 19.4. The molecule has 0 heterocycles. The third-order valence-corrected chi connectivity index (χ3v) is 10.2. The molecule has 4 aliphatic carbocycles. The van der Waals surface area contributed by atoms with Gasteiger partial charge in [0, 0.05) is 6.42 Å². The van der Waals surface area contributed by atoms with Crippen molar-refractivity contribution in [3.8, 4) is 0 Å². The molecular formula is C24H40O3. The van der Waals surface area contributed by atoms with Gasteiger partial charge in [0.05, 0.1) is 6.10 Å². The summed E-state index contributed by atoms with van der Waals surface area (Å²) < 4.78 is 0. The second kappa shape index (κ2) is 7.04. The lowest BCUT2D eigenvalue weighted by Gasteiger charge is -2.61. The van der Waals surface area contributed by atoms with Gasteiger partial charge in [0.2, 0.25) is 0 Å². The lowest BCUT2D eigenvalue weighted by molar-refractivity contribution is -0.138. The Bertz CT molecular complexity index is 574. The molecule has 4 saturated carbocycles. The van der Waals surface area contributed by atoms with Crippen molar-refractivity contribution in [1.82, 2.24) is 0 Å². The number of hydrogen-bond donors (Lipinski definition) is 2. The van der Waals surface area contributed by atoms with Crippen molar-refractivity contribution in [1.29, 1.82) is 0 Å². The van der Waals surface area contributed by atoms with Gasteiger partial charge in [-0.1, -0.05) is 20.8 Å². The van der Waals surface area contributed by atoms with Crippen LogP contribution < -0.4 is 0 Å². The van der Waals surface area contributed by atoms with Crippen LogP contribution in [0.25, 0.3) is 0 Å². The number of hydrogen-bond acceptors (Lipinski definition) is 2. The number of carboxylic acid groups (broad SMARTS) is 1. The van der Waals surface area contributed by atoms with Crippen molar-refractivity contribution in [2.45, 2.75) is 97.5 Å². The summed E-state index contributed by atoms with van der Waals surface area (Å²) in [7, 11) is 0. The standard InChI is InChI=1S/C24H40O3/c1-15(4-9-22(26)27)19-7-8-20-18-6-5-16-14-17(25)10-12-23(16,2)21(18)11-13-24(19,20)3/h15-21,25H,4-14H2,1-3H3,(H,26,27)/t15-,16-,17-,18+,19-,20?,21+,23+,24-/m1/s1. The van der Waals surface area contributed by atoms with Crippen molar-refractivity contribution >= 4 is 5.97 Å². The molecule has 154 valence electrons. The average Bonchev–Trinajstić information content (AvgIpc) is 2.97. The van der Waals surface area contributed by atoms with Gasteiger partial charge in [0.15, 0.2) is 0 Å². The van der Waals surface area contributed by atoms with E-state index in [2.05, 4.69) is 20.8 Å². The molecule has 27 heavy (non-hydrogen) atoms. The Balaban J connectivity index is 1.51. The lowest BCUT2D eigenvalue weighted by atomic mass is 9.44. The van der Waals surface area contributed by atoms with Gasteiger partial charge in [0.1, 0.15) is 0 Å². The maximum atomic E-state index is 11.0. The molecule has 3 heteroatoms. The van der Waals surface area contributed by atoms with Gasteiger partial charge in [-0.05, 0) is 111 Å². The minimum Gasteiger partial charge on any atom is -0.481 e. The topological polar surface area (TPSA) is 57.5 Å². The van der Waals surface area contributed by atoms with Gasteiger partial charge in [-0.2, -0.15) is 0 Å². The van der Waals surface area contributed by atoms with E-state index < -0.39 is 5.97 Å². The third-order valence-electron chi connectivity index (χ3n) is 10.2. The predicted octanol–water partition coefficient (Wildman–Crippen LogP) is 5.51. The summed E-state index contributed by atoms with van der Waals surface area (Å²) >= 11 is 0. The monoisotopic (exact) mass is 376 g/mol. The molecule has 0 aromatic carbocycles. The Hall–Kier alpha value is -0.570. The minimum atomic E-state index is -0.643. The van der Waals surface area contributed by atoms with Crippen LogP contribution in [0.3, 0.4) is 0 Å². The summed E-state index contributed by atoms with van der Waals surface area (Å²) in [5.41, 5.74) is 0.882. The molecule has 1 unspecified atom stereocenters. The Morgan fingerprint density at radius 2 is 1.70 bits per heavy atom. The summed E-state index contributed by atoms with van der Waals surface area (Å²) in [6, 6.07) is 0. The summed E-state index contributed by atoms with van der Waals surface area (Å²) in [5, 5.41) is 19.3. The molecule has 0 radical (unpaired) electrons. The van der Waals surface area contributed by atoms with E-state index in [0.29, 0.717) is 29.1 Å². The second-order valence-corrected chi connectivity index (χ2v) is 11.2. The third kappa shape index (κ3) is 3.16. The van der Waals surface area contributed by atoms with Crippen molar-refractivity contribution < 1.29 is 15.0 Å². The summed E-state index contributed by atoms with van der Waals surface area (Å²) in [4.78, 5) is 11.0. The molecule has 4 aliphatic rings. The van der Waals surface area contributed by atoms with Crippen LogP contribution in [0.15, 0.2) is 0 Å². The smallest absolute Gasteiger partial charge is 0.303 e. The van der Waals surface area contributed by atoms with Crippen LogP contribution in [0.4, 0.5) is 0 Å². The SMILES string of the molecule is C[C@H](CCC(=O)O)[C@H]1CCC2[C@@H]3CC[C@@H]4C[C@H](O)CC[C@]4(C)[C@H]3CC[C@@]21C. The van der Waals surface area contributed by atoms with Gasteiger partial charge in [-0.15, -0.1) is 0 Å². The molecular weight excluding hydrogens is 336 g/mol. The molecule has 0 saturated heterocycles. The highest BCUT2D eigenvalue weighted by Crippen LogP contribution is 2.68. The molecule has 0 amide bonds. The highest BCUT2D eigenvalue weighted by atomic mass is 16.4. The van der Waals surface area contributed by atoms with E-state index in [4.69, 9.17) is 5.11 Å². The van der Waals surface area contributed by atoms with E-state index >= 15 is 0 Å². The number of aliphatic carboxylic acids is 1. The molecule has 0 aromatic heterocycles. The largest absolute Gasteiger partial charge is 0.481 e. The van der Waals surface area contributed by atoms with E-state index in [1.807, 2.05) is 0 Å². The highest BCUT2D eigenvalue weighted by Gasteiger charge is 2.60. The van der Waals surface area contributed by atoms with Crippen LogP contribution in [0.2, 0.25) is 0 Å². The Morgan fingerprint density at radius 3 is 2.44 bits per heavy atom. The maximum Gasteiger partial charge on any atom is 0.303 e. The number of aliphatic hydroxyl groups excluding tert-OH is 1. The lowest BCUT2D eigenvalue weighted by Crippen LogP contribution is -2.54. The fraction of sp³-hybridized carbons (Fsp3) is 0.958. The average molecular weight is 377 g/mol. The van der Waals surface area contributed by atoms with Gasteiger partial charge in [0.25, 0.3) is 0 Å². The summed E-state index contributed by atoms with van der Waals surface area (Å²) in [6.45, 7) is 7.43. The number of rotatable bonds is 4. The fourth-order valence-electron chi connectivity index (χ4n) is 8.76. The van der Waals surface area contributed by atoms with Crippen LogP contribution in [-0.4, -0.2) is 22.3 Å². The molecule has 9 atom stereocenters. The molecule has 0 aromatic rings. The van der Waals surface area contributed by atoms with Crippen LogP contribution in [0.5, 0.6) is 0 Å². The molecule has 3 nitrogen and oxygen atoms in total. The molecule has 0 spiro atoms. The quantitative estimate of drug-likeness (QED) is 0.680. The van der Waals surface area contributed by atoms with Crippen molar-refractivity contribution in [2.75, 3.05) is 0 Å². The Labute approximate surface area is 165 Å². The van der Waals surface area contributed by atoms with Crippen molar-refractivity contribution in [2.24, 2.45) is 46.3 Å². The van der Waals surface area contributed by atoms with Gasteiger partial charge >= 0.3 is 5.97 Å². The molecule has 4 fully saturated rings. The molecule has 0 bridgehead atoms. The van der Waals surface area contributed by atoms with E-state index in [1.165, 1.54) is 44.9 Å². The van der Waals surface area contributed by atoms with Crippen molar-refractivity contribution in [3.63, 3.8) is 0 Å². The van der Waals surface area contributed by atoms with E-state index in [-0.39, 0.29) is 6.10 Å². The maximum absolute atomic E-state index is 11.0. The summed E-state index contributed by atoms with van der Waals surface area (Å²) in [5.74, 6) is 3.91. The zero-order valence-electron chi connectivity index (χ0n) is 17.6. The molecule has 4 rings (SSSR count). The zero-order valence-corrected chi connectivity index (χ0v) is 17.6. The van der Waals surface area contributed by atoms with E-state index in [9.17, 15) is 9.90 Å². The fourth-order valence-corrected chi connectivity index (χ4v) is 8.76. The Kier molecular flexibility index (Phi) is 5.15. The first-order chi connectivity index (χ1) is 12.8. The van der Waals surface area contributed by atoms with E-state index in [1.54, 1.807) is 0 Å². The molecule has 0 aliphatic heterocycles. The van der Waals surface area contributed by atoms with Gasteiger partial charge in [-0.3, -0.25) is 4.79 Å². The summed E-state index contributed by atoms with van der Waals surface area (Å²) in [6.07, 6.45) is 12.4. The predicted molar refractivity (Wildman–Crippen MR) is 107 cm³/mol. The minimum absolute atomic E-state index is 0.0561. The number of carboxylic acids is 1. The van der Waals surface area contributed by atoms with Gasteiger partial charge in [-0.25, -0.2) is 0 Å². The second-order valence-electron chi connectivity index (χ2n) is 11.2. The first-order valence-electron chi connectivity index (χ1n) is 11.7. The van der Waals surface area contributed by atoms with Gasteiger partial charge < -0.3 is 10.2 Å². The normalized spacial score (nSPS) is 50.4. The van der Waals surface area contributed by atoms with Crippen LogP contribution in [-0.2, 0) is 4.79 Å². The van der Waals surface area contributed by atoms with Crippen LogP contribution in [0.1, 0.15) is 91.4 Å². The molecule has 2 N–H and O–H groups in total. The highest BCUT2D eigenvalue weighted by molar-refractivity contribution is 5.66. The number of carbonyl (C=O) groups is 1. The van der Waals surface area contributed by atoms with Crippen LogP contribution >= 0.6 is 0 Å². The first-order valence-corrected chi connectivity index (χ1v) is 11.7. The van der Waals surface area contributed by atoms with Crippen molar-refractivity contribution in [3.05, 3.63) is 0 Å². The Morgan fingerprint density at radius 1 is 1.00 bits per heavy atom. The first kappa shape index (κ1) is 19.7. The number of fused-ring (bicyclic) bond motifs is 5.